The molecule has 0 aromatic carbocycles. The molecule has 0 saturated carbocycles. The molecule has 0 aromatic rings. The van der Waals surface area contributed by atoms with E-state index in [2.05, 4.69) is 0 Å². The Balaban J connectivity index is 2.00. The van der Waals surface area contributed by atoms with E-state index in [9.17, 15) is 0 Å². The van der Waals surface area contributed by atoms with E-state index in [1.54, 1.807) is 0 Å². The molecule has 0 aliphatic carbocycles. The van der Waals surface area contributed by atoms with Crippen LogP contribution in [0.1, 0.15) is 116 Å². The van der Waals surface area contributed by atoms with Crippen molar-refractivity contribution >= 4 is 0 Å². The zero-order chi connectivity index (χ0) is 16.3. The van der Waals surface area contributed by atoms with E-state index in [-0.39, 0.29) is 0 Å². The Kier molecular flexibility index (Phi) is 16.6. The molecule has 1 saturated heterocycles. The van der Waals surface area contributed by atoms with E-state index in [0.717, 1.165) is 12.8 Å². The van der Waals surface area contributed by atoms with E-state index in [1.165, 1.54) is 103 Å². The average molecular weight is 329 g/mol. The van der Waals surface area contributed by atoms with Gasteiger partial charge in [-0.05, 0) is 12.8 Å². The van der Waals surface area contributed by atoms with E-state index in [4.69, 9.17) is 14.8 Å². The average Bonchev–Trinajstić information content (AvgIpc) is 2.56. The van der Waals surface area contributed by atoms with E-state index in [0.29, 0.717) is 13.2 Å². The van der Waals surface area contributed by atoms with Gasteiger partial charge in [-0.2, -0.15) is 0 Å². The maximum Gasteiger partial charge on any atom is 0.0853 e. The molecule has 0 amide bonds. The van der Waals surface area contributed by atoms with Gasteiger partial charge in [0.05, 0.1) is 13.2 Å². The molecule has 23 heavy (non-hydrogen) atoms. The maximum atomic E-state index is 5.04. The molecule has 0 bridgehead atoms. The smallest absolute Gasteiger partial charge is 0.0853 e. The highest BCUT2D eigenvalue weighted by Gasteiger charge is 1.97. The van der Waals surface area contributed by atoms with Gasteiger partial charge in [-0.25, -0.2) is 9.78 Å². The molecule has 0 atom stereocenters. The normalized spacial score (nSPS) is 24.0. The van der Waals surface area contributed by atoms with Crippen molar-refractivity contribution in [2.24, 2.45) is 0 Å². The van der Waals surface area contributed by atoms with Crippen LogP contribution in [-0.2, 0) is 14.8 Å². The summed E-state index contributed by atoms with van der Waals surface area (Å²) in [5.74, 6) is 0. The first-order valence-corrected chi connectivity index (χ1v) is 10.4. The summed E-state index contributed by atoms with van der Waals surface area (Å²) < 4.78 is 0. The highest BCUT2D eigenvalue weighted by Crippen LogP contribution is 2.14. The number of rotatable bonds is 0. The molecular weight excluding hydrogens is 288 g/mol. The largest absolute Gasteiger partial charge is 0.206 e. The Labute approximate surface area is 144 Å². The summed E-state index contributed by atoms with van der Waals surface area (Å²) >= 11 is 0. The Morgan fingerprint density at radius 1 is 0.261 bits per heavy atom. The van der Waals surface area contributed by atoms with Gasteiger partial charge in [0.25, 0.3) is 0 Å². The van der Waals surface area contributed by atoms with Crippen molar-refractivity contribution in [1.29, 1.82) is 0 Å². The third kappa shape index (κ3) is 16.5. The summed E-state index contributed by atoms with van der Waals surface area (Å²) in [5.41, 5.74) is 0. The van der Waals surface area contributed by atoms with Gasteiger partial charge in [0.2, 0.25) is 0 Å². The van der Waals surface area contributed by atoms with Gasteiger partial charge in [0.1, 0.15) is 0 Å². The Morgan fingerprint density at radius 3 is 0.739 bits per heavy atom. The SMILES string of the molecule is C1CCCCCCCCCCOOOCCCCCCCCC1. The molecular formula is C20H40O3. The first-order valence-electron chi connectivity index (χ1n) is 10.4. The molecule has 0 spiro atoms. The molecule has 1 aliphatic heterocycles. The molecule has 0 unspecified atom stereocenters. The fraction of sp³-hybridized carbons (Fsp3) is 1.00. The molecule has 3 nitrogen and oxygen atoms in total. The zero-order valence-corrected chi connectivity index (χ0v) is 15.4. The minimum atomic E-state index is 0.653. The quantitative estimate of drug-likeness (QED) is 0.452. The van der Waals surface area contributed by atoms with Crippen molar-refractivity contribution in [2.75, 3.05) is 13.2 Å². The van der Waals surface area contributed by atoms with Crippen LogP contribution in [-0.4, -0.2) is 13.2 Å². The first-order chi connectivity index (χ1) is 11.5. The van der Waals surface area contributed by atoms with Gasteiger partial charge in [-0.3, -0.25) is 0 Å². The van der Waals surface area contributed by atoms with Gasteiger partial charge < -0.3 is 0 Å². The second kappa shape index (κ2) is 18.2. The van der Waals surface area contributed by atoms with Crippen LogP contribution in [0, 0.1) is 0 Å². The van der Waals surface area contributed by atoms with Crippen molar-refractivity contribution in [3.8, 4) is 0 Å². The van der Waals surface area contributed by atoms with Gasteiger partial charge in [0.15, 0.2) is 0 Å². The summed E-state index contributed by atoms with van der Waals surface area (Å²) in [4.78, 5) is 10.1. The lowest BCUT2D eigenvalue weighted by Crippen LogP contribution is -2.00. The van der Waals surface area contributed by atoms with Crippen LogP contribution >= 0.6 is 0 Å². The zero-order valence-electron chi connectivity index (χ0n) is 15.4. The number of hydrogen-bond acceptors (Lipinski definition) is 3. The molecule has 1 fully saturated rings. The molecule has 0 aromatic heterocycles. The monoisotopic (exact) mass is 328 g/mol. The van der Waals surface area contributed by atoms with Crippen molar-refractivity contribution in [1.82, 2.24) is 0 Å². The van der Waals surface area contributed by atoms with Gasteiger partial charge in [-0.15, -0.1) is 0 Å². The molecule has 1 heterocycles. The summed E-state index contributed by atoms with van der Waals surface area (Å²) in [6.45, 7) is 1.31. The predicted octanol–water partition coefficient (Wildman–Crippen LogP) is 6.90. The minimum absolute atomic E-state index is 0.653. The van der Waals surface area contributed by atoms with E-state index < -0.39 is 0 Å². The standard InChI is InChI=1S/C20H40O3/c1-2-4-6-8-10-12-14-16-18-20-22-23-21-19-17-15-13-11-9-7-5-3-1/h1-20H2. The highest BCUT2D eigenvalue weighted by atomic mass is 17.5. The molecule has 3 heteroatoms. The Morgan fingerprint density at radius 2 is 0.478 bits per heavy atom. The lowest BCUT2D eigenvalue weighted by molar-refractivity contribution is -0.512. The molecule has 0 N–H and O–H groups in total. The summed E-state index contributed by atoms with van der Waals surface area (Å²) in [6.07, 6.45) is 24.4. The highest BCUT2D eigenvalue weighted by molar-refractivity contribution is 4.50. The van der Waals surface area contributed by atoms with Crippen LogP contribution in [0.4, 0.5) is 0 Å². The van der Waals surface area contributed by atoms with Crippen LogP contribution < -0.4 is 0 Å². The lowest BCUT2D eigenvalue weighted by Gasteiger charge is -2.04. The second-order valence-corrected chi connectivity index (χ2v) is 7.08. The van der Waals surface area contributed by atoms with Crippen molar-refractivity contribution in [3.63, 3.8) is 0 Å². The van der Waals surface area contributed by atoms with Gasteiger partial charge in [0, 0.05) is 0 Å². The van der Waals surface area contributed by atoms with Gasteiger partial charge in [-0.1, -0.05) is 108 Å². The topological polar surface area (TPSA) is 27.7 Å². The van der Waals surface area contributed by atoms with Crippen molar-refractivity contribution in [3.05, 3.63) is 0 Å². The first kappa shape index (κ1) is 20.9. The van der Waals surface area contributed by atoms with E-state index >= 15 is 0 Å². The minimum Gasteiger partial charge on any atom is -0.206 e. The van der Waals surface area contributed by atoms with Crippen LogP contribution in [0.15, 0.2) is 0 Å². The summed E-state index contributed by atoms with van der Waals surface area (Å²) in [7, 11) is 0. The fourth-order valence-electron chi connectivity index (χ4n) is 3.25. The summed E-state index contributed by atoms with van der Waals surface area (Å²) in [5, 5.41) is 4.76. The van der Waals surface area contributed by atoms with E-state index in [1.807, 2.05) is 0 Å². The van der Waals surface area contributed by atoms with Crippen LogP contribution in [0.3, 0.4) is 0 Å². The summed E-state index contributed by atoms with van der Waals surface area (Å²) in [6, 6.07) is 0. The fourth-order valence-corrected chi connectivity index (χ4v) is 3.25. The van der Waals surface area contributed by atoms with Crippen molar-refractivity contribution < 1.29 is 14.8 Å². The maximum absolute atomic E-state index is 5.04. The lowest BCUT2D eigenvalue weighted by atomic mass is 10.0. The Bertz CT molecular complexity index is 117. The van der Waals surface area contributed by atoms with Crippen LogP contribution in [0.2, 0.25) is 0 Å². The van der Waals surface area contributed by atoms with Gasteiger partial charge >= 0.3 is 0 Å². The third-order valence-electron chi connectivity index (χ3n) is 4.80. The predicted molar refractivity (Wildman–Crippen MR) is 96.1 cm³/mol. The van der Waals surface area contributed by atoms with Crippen molar-refractivity contribution in [2.45, 2.75) is 116 Å². The van der Waals surface area contributed by atoms with Crippen LogP contribution in [0.25, 0.3) is 0 Å². The third-order valence-corrected chi connectivity index (χ3v) is 4.80. The Hall–Kier alpha value is -0.120. The molecule has 0 radical (unpaired) electrons. The number of hydrogen-bond donors (Lipinski definition) is 0. The molecule has 1 aliphatic rings. The molecule has 1 rings (SSSR count). The molecule has 138 valence electrons. The van der Waals surface area contributed by atoms with Crippen LogP contribution in [0.5, 0.6) is 0 Å². The second-order valence-electron chi connectivity index (χ2n) is 7.08.